The third-order valence-electron chi connectivity index (χ3n) is 3.00. The number of halogens is 1. The van der Waals surface area contributed by atoms with E-state index in [9.17, 15) is 12.8 Å². The Hall–Kier alpha value is -1.79. The molecule has 0 aliphatic heterocycles. The summed E-state index contributed by atoms with van der Waals surface area (Å²) in [5.41, 5.74) is 1.34. The fraction of sp³-hybridized carbons (Fsp3) is 0.267. The van der Waals surface area contributed by atoms with Crippen molar-refractivity contribution in [1.29, 1.82) is 0 Å². The van der Waals surface area contributed by atoms with Crippen molar-refractivity contribution in [3.8, 4) is 0 Å². The van der Waals surface area contributed by atoms with Crippen molar-refractivity contribution in [3.05, 3.63) is 59.7 Å². The zero-order chi connectivity index (χ0) is 15.5. The van der Waals surface area contributed by atoms with Gasteiger partial charge in [-0.2, -0.15) is 8.42 Å². The summed E-state index contributed by atoms with van der Waals surface area (Å²) in [6.45, 7) is 3.65. The highest BCUT2D eigenvalue weighted by molar-refractivity contribution is 7.86. The van der Waals surface area contributed by atoms with Crippen molar-refractivity contribution in [2.24, 2.45) is 0 Å². The lowest BCUT2D eigenvalue weighted by Gasteiger charge is -2.15. The second-order valence-corrected chi connectivity index (χ2v) is 6.23. The van der Waals surface area contributed by atoms with E-state index in [1.54, 1.807) is 19.1 Å². The van der Waals surface area contributed by atoms with Crippen LogP contribution in [0.4, 0.5) is 4.39 Å². The first-order valence-electron chi connectivity index (χ1n) is 6.54. The van der Waals surface area contributed by atoms with E-state index in [1.807, 2.05) is 6.92 Å². The van der Waals surface area contributed by atoms with Gasteiger partial charge in [-0.05, 0) is 37.6 Å². The average Bonchev–Trinajstić information content (AvgIpc) is 2.46. The molecule has 0 aliphatic rings. The number of nitrogens with zero attached hydrogens (tertiary/aromatic N) is 1. The number of benzene rings is 1. The van der Waals surface area contributed by atoms with Crippen LogP contribution in [-0.4, -0.2) is 13.4 Å². The smallest absolute Gasteiger partial charge is 0.257 e. The van der Waals surface area contributed by atoms with E-state index in [0.717, 1.165) is 11.8 Å². The lowest BCUT2D eigenvalue weighted by molar-refractivity contribution is 0.204. The fourth-order valence-electron chi connectivity index (χ4n) is 1.82. The Kier molecular flexibility index (Phi) is 4.69. The van der Waals surface area contributed by atoms with Crippen LogP contribution in [0.15, 0.2) is 47.5 Å². The van der Waals surface area contributed by atoms with Crippen LogP contribution in [0.3, 0.4) is 0 Å². The molecule has 0 N–H and O–H groups in total. The van der Waals surface area contributed by atoms with Crippen molar-refractivity contribution in [1.82, 2.24) is 4.98 Å². The van der Waals surface area contributed by atoms with Gasteiger partial charge in [0.25, 0.3) is 10.1 Å². The van der Waals surface area contributed by atoms with Gasteiger partial charge in [-0.25, -0.2) is 4.39 Å². The molecule has 0 aliphatic carbocycles. The molecule has 2 aromatic rings. The van der Waals surface area contributed by atoms with Crippen LogP contribution >= 0.6 is 0 Å². The standard InChI is InChI=1S/C15H16FNO3S/c1-3-15(14-9-6-12(16)10-17-14)20-21(18,19)13-7-4-11(2)5-8-13/h4-10,15H,3H2,1-2H3. The van der Waals surface area contributed by atoms with Gasteiger partial charge in [0.2, 0.25) is 0 Å². The molecule has 2 rings (SSSR count). The van der Waals surface area contributed by atoms with Gasteiger partial charge in [-0.15, -0.1) is 0 Å². The Morgan fingerprint density at radius 2 is 1.86 bits per heavy atom. The number of hydrogen-bond donors (Lipinski definition) is 0. The second kappa shape index (κ2) is 6.32. The summed E-state index contributed by atoms with van der Waals surface area (Å²) in [5.74, 6) is -0.477. The molecule has 0 fully saturated rings. The van der Waals surface area contributed by atoms with Gasteiger partial charge in [0.05, 0.1) is 16.8 Å². The summed E-state index contributed by atoms with van der Waals surface area (Å²) >= 11 is 0. The van der Waals surface area contributed by atoms with Gasteiger partial charge in [0, 0.05) is 0 Å². The van der Waals surface area contributed by atoms with Crippen LogP contribution in [-0.2, 0) is 14.3 Å². The topological polar surface area (TPSA) is 56.3 Å². The number of pyridine rings is 1. The number of aromatic nitrogens is 1. The number of hydrogen-bond acceptors (Lipinski definition) is 4. The summed E-state index contributed by atoms with van der Waals surface area (Å²) in [6.07, 6.45) is 0.709. The van der Waals surface area contributed by atoms with Gasteiger partial charge in [0.1, 0.15) is 11.9 Å². The Labute approximate surface area is 123 Å². The predicted molar refractivity (Wildman–Crippen MR) is 76.7 cm³/mol. The Bertz CT molecular complexity index is 697. The maximum absolute atomic E-state index is 12.9. The summed E-state index contributed by atoms with van der Waals surface area (Å²) in [4.78, 5) is 3.97. The number of aryl methyl sites for hydroxylation is 1. The quantitative estimate of drug-likeness (QED) is 0.794. The van der Waals surface area contributed by atoms with Crippen molar-refractivity contribution in [2.45, 2.75) is 31.3 Å². The van der Waals surface area contributed by atoms with Crippen LogP contribution < -0.4 is 0 Å². The lowest BCUT2D eigenvalue weighted by atomic mass is 10.2. The molecule has 1 unspecified atom stereocenters. The molecule has 0 saturated heterocycles. The molecule has 21 heavy (non-hydrogen) atoms. The third kappa shape index (κ3) is 3.86. The van der Waals surface area contributed by atoms with Crippen LogP contribution in [0.5, 0.6) is 0 Å². The fourth-order valence-corrected chi connectivity index (χ4v) is 2.94. The van der Waals surface area contributed by atoms with E-state index >= 15 is 0 Å². The van der Waals surface area contributed by atoms with Crippen molar-refractivity contribution in [2.75, 3.05) is 0 Å². The van der Waals surface area contributed by atoms with Gasteiger partial charge in [-0.3, -0.25) is 9.17 Å². The molecular formula is C15H16FNO3S. The molecular weight excluding hydrogens is 293 g/mol. The first-order valence-corrected chi connectivity index (χ1v) is 7.94. The molecule has 4 nitrogen and oxygen atoms in total. The largest absolute Gasteiger partial charge is 0.297 e. The summed E-state index contributed by atoms with van der Waals surface area (Å²) < 4.78 is 42.6. The van der Waals surface area contributed by atoms with Gasteiger partial charge >= 0.3 is 0 Å². The molecule has 6 heteroatoms. The first kappa shape index (κ1) is 15.6. The maximum atomic E-state index is 12.9. The van der Waals surface area contributed by atoms with E-state index in [0.29, 0.717) is 12.1 Å². The molecule has 0 amide bonds. The molecule has 1 aromatic heterocycles. The van der Waals surface area contributed by atoms with Gasteiger partial charge in [-0.1, -0.05) is 24.6 Å². The minimum absolute atomic E-state index is 0.0914. The highest BCUT2D eigenvalue weighted by atomic mass is 32.2. The Morgan fingerprint density at radius 1 is 1.19 bits per heavy atom. The summed E-state index contributed by atoms with van der Waals surface area (Å²) in [6, 6.07) is 9.05. The molecule has 1 heterocycles. The van der Waals surface area contributed by atoms with E-state index in [-0.39, 0.29) is 4.90 Å². The van der Waals surface area contributed by atoms with E-state index in [1.165, 1.54) is 24.3 Å². The first-order chi connectivity index (χ1) is 9.92. The molecule has 0 spiro atoms. The minimum Gasteiger partial charge on any atom is -0.257 e. The molecule has 0 bridgehead atoms. The van der Waals surface area contributed by atoms with E-state index in [2.05, 4.69) is 4.98 Å². The van der Waals surface area contributed by atoms with Crippen LogP contribution in [0.25, 0.3) is 0 Å². The van der Waals surface area contributed by atoms with Crippen molar-refractivity contribution < 1.29 is 17.0 Å². The highest BCUT2D eigenvalue weighted by Crippen LogP contribution is 2.25. The third-order valence-corrected chi connectivity index (χ3v) is 4.34. The number of rotatable bonds is 5. The van der Waals surface area contributed by atoms with Crippen LogP contribution in [0.2, 0.25) is 0 Å². The Balaban J connectivity index is 2.24. The van der Waals surface area contributed by atoms with E-state index < -0.39 is 22.0 Å². The minimum atomic E-state index is -3.88. The zero-order valence-electron chi connectivity index (χ0n) is 11.8. The average molecular weight is 309 g/mol. The monoisotopic (exact) mass is 309 g/mol. The van der Waals surface area contributed by atoms with Gasteiger partial charge < -0.3 is 0 Å². The van der Waals surface area contributed by atoms with Crippen LogP contribution in [0, 0.1) is 12.7 Å². The molecule has 1 aromatic carbocycles. The highest BCUT2D eigenvalue weighted by Gasteiger charge is 2.22. The second-order valence-electron chi connectivity index (χ2n) is 4.66. The zero-order valence-corrected chi connectivity index (χ0v) is 12.6. The molecule has 0 radical (unpaired) electrons. The van der Waals surface area contributed by atoms with Crippen molar-refractivity contribution in [3.63, 3.8) is 0 Å². The summed E-state index contributed by atoms with van der Waals surface area (Å²) in [5, 5.41) is 0. The molecule has 0 saturated carbocycles. The maximum Gasteiger partial charge on any atom is 0.297 e. The lowest BCUT2D eigenvalue weighted by Crippen LogP contribution is -2.13. The predicted octanol–water partition coefficient (Wildman–Crippen LogP) is 3.39. The SMILES string of the molecule is CCC(OS(=O)(=O)c1ccc(C)cc1)c1ccc(F)cn1. The van der Waals surface area contributed by atoms with E-state index in [4.69, 9.17) is 4.18 Å². The summed E-state index contributed by atoms with van der Waals surface area (Å²) in [7, 11) is -3.88. The Morgan fingerprint density at radius 3 is 2.38 bits per heavy atom. The molecule has 112 valence electrons. The molecule has 1 atom stereocenters. The van der Waals surface area contributed by atoms with Crippen LogP contribution in [0.1, 0.15) is 30.7 Å². The van der Waals surface area contributed by atoms with Crippen molar-refractivity contribution >= 4 is 10.1 Å². The normalized spacial score (nSPS) is 13.1. The van der Waals surface area contributed by atoms with Gasteiger partial charge in [0.15, 0.2) is 0 Å².